The summed E-state index contributed by atoms with van der Waals surface area (Å²) in [5, 5.41) is 31.8. The lowest BCUT2D eigenvalue weighted by Gasteiger charge is -2.06. The van der Waals surface area contributed by atoms with E-state index in [1.54, 1.807) is 6.07 Å². The van der Waals surface area contributed by atoms with Crippen molar-refractivity contribution in [2.24, 2.45) is 0 Å². The first kappa shape index (κ1) is 12.8. The molecular weight excluding hydrogens is 250 g/mol. The minimum absolute atomic E-state index is 0.135. The van der Waals surface area contributed by atoms with E-state index in [1.165, 1.54) is 23.5 Å². The number of hydrogen-bond donors (Lipinski definition) is 3. The molecule has 1 unspecified atom stereocenters. The van der Waals surface area contributed by atoms with Gasteiger partial charge in [0.05, 0.1) is 6.04 Å². The Bertz CT molecular complexity index is 542. The first-order chi connectivity index (χ1) is 8.61. The van der Waals surface area contributed by atoms with E-state index in [4.69, 9.17) is 0 Å². The summed E-state index contributed by atoms with van der Waals surface area (Å²) >= 11 is 1.47. The Hall–Kier alpha value is -1.66. The summed E-state index contributed by atoms with van der Waals surface area (Å²) in [5.74, 6) is -0.284. The van der Waals surface area contributed by atoms with Crippen LogP contribution in [0, 0.1) is 0 Å². The van der Waals surface area contributed by atoms with Crippen LogP contribution < -0.4 is 5.32 Å². The summed E-state index contributed by atoms with van der Waals surface area (Å²) in [6, 6.07) is 4.79. The minimum Gasteiger partial charge on any atom is -0.504 e. The fourth-order valence-electron chi connectivity index (χ4n) is 1.58. The lowest BCUT2D eigenvalue weighted by atomic mass is 10.2. The largest absolute Gasteiger partial charge is 0.504 e. The Morgan fingerprint density at radius 1 is 1.28 bits per heavy atom. The van der Waals surface area contributed by atoms with Crippen LogP contribution in [0.25, 0.3) is 10.6 Å². The molecule has 0 aliphatic carbocycles. The van der Waals surface area contributed by atoms with Gasteiger partial charge in [0.15, 0.2) is 11.5 Å². The second-order valence-electron chi connectivity index (χ2n) is 3.93. The van der Waals surface area contributed by atoms with Crippen molar-refractivity contribution in [3.8, 4) is 22.1 Å². The van der Waals surface area contributed by atoms with Gasteiger partial charge in [-0.2, -0.15) is 0 Å². The summed E-state index contributed by atoms with van der Waals surface area (Å²) in [7, 11) is 0. The van der Waals surface area contributed by atoms with E-state index in [9.17, 15) is 10.2 Å². The predicted molar refractivity (Wildman–Crippen MR) is 70.8 cm³/mol. The quantitative estimate of drug-likeness (QED) is 0.739. The molecule has 0 radical (unpaired) electrons. The van der Waals surface area contributed by atoms with Crippen molar-refractivity contribution < 1.29 is 10.2 Å². The van der Waals surface area contributed by atoms with Crippen molar-refractivity contribution in [1.82, 2.24) is 15.5 Å². The van der Waals surface area contributed by atoms with Crippen LogP contribution in [0.5, 0.6) is 11.5 Å². The zero-order valence-corrected chi connectivity index (χ0v) is 11.0. The van der Waals surface area contributed by atoms with Crippen LogP contribution in [0.1, 0.15) is 24.9 Å². The van der Waals surface area contributed by atoms with E-state index in [0.717, 1.165) is 22.1 Å². The van der Waals surface area contributed by atoms with E-state index in [1.807, 2.05) is 13.8 Å². The van der Waals surface area contributed by atoms with Gasteiger partial charge in [0.2, 0.25) is 0 Å². The molecule has 1 aromatic heterocycles. The summed E-state index contributed by atoms with van der Waals surface area (Å²) in [4.78, 5) is 0. The molecule has 18 heavy (non-hydrogen) atoms. The van der Waals surface area contributed by atoms with Crippen LogP contribution in [-0.4, -0.2) is 27.0 Å². The number of phenolic OH excluding ortho intramolecular Hbond substituents is 2. The van der Waals surface area contributed by atoms with Crippen LogP contribution in [0.2, 0.25) is 0 Å². The summed E-state index contributed by atoms with van der Waals surface area (Å²) < 4.78 is 0. The molecule has 96 valence electrons. The second kappa shape index (κ2) is 5.32. The zero-order valence-electron chi connectivity index (χ0n) is 10.2. The zero-order chi connectivity index (χ0) is 13.1. The van der Waals surface area contributed by atoms with Gasteiger partial charge in [-0.15, -0.1) is 10.2 Å². The van der Waals surface area contributed by atoms with Crippen molar-refractivity contribution in [3.05, 3.63) is 23.2 Å². The number of nitrogens with zero attached hydrogens (tertiary/aromatic N) is 2. The number of aromatic nitrogens is 2. The summed E-state index contributed by atoms with van der Waals surface area (Å²) in [6.07, 6.45) is 0. The van der Waals surface area contributed by atoms with Crippen LogP contribution in [-0.2, 0) is 0 Å². The Labute approximate surface area is 109 Å². The highest BCUT2D eigenvalue weighted by molar-refractivity contribution is 7.14. The molecule has 0 amide bonds. The van der Waals surface area contributed by atoms with Gasteiger partial charge in [-0.25, -0.2) is 0 Å². The number of hydrogen-bond acceptors (Lipinski definition) is 6. The molecule has 6 heteroatoms. The van der Waals surface area contributed by atoms with Crippen molar-refractivity contribution >= 4 is 11.3 Å². The maximum Gasteiger partial charge on any atom is 0.158 e. The fourth-order valence-corrected chi connectivity index (χ4v) is 2.44. The first-order valence-electron chi connectivity index (χ1n) is 5.71. The van der Waals surface area contributed by atoms with Gasteiger partial charge in [0.25, 0.3) is 0 Å². The number of rotatable bonds is 4. The average molecular weight is 265 g/mol. The van der Waals surface area contributed by atoms with E-state index in [0.29, 0.717) is 0 Å². The smallest absolute Gasteiger partial charge is 0.158 e. The molecule has 1 aromatic carbocycles. The van der Waals surface area contributed by atoms with Gasteiger partial charge in [-0.05, 0) is 31.7 Å². The molecule has 0 fully saturated rings. The Kier molecular flexibility index (Phi) is 3.78. The normalized spacial score (nSPS) is 12.6. The van der Waals surface area contributed by atoms with Crippen LogP contribution in [0.4, 0.5) is 0 Å². The molecule has 0 spiro atoms. The average Bonchev–Trinajstić information content (AvgIpc) is 2.82. The monoisotopic (exact) mass is 265 g/mol. The summed E-state index contributed by atoms with van der Waals surface area (Å²) in [5.41, 5.74) is 0.748. The first-order valence-corrected chi connectivity index (χ1v) is 6.52. The standard InChI is InChI=1S/C12H15N3O2S/c1-3-13-7(2)11-14-15-12(18-11)8-4-5-9(16)10(17)6-8/h4-7,13,16-17H,3H2,1-2H3. The molecular formula is C12H15N3O2S. The molecule has 0 saturated heterocycles. The summed E-state index contributed by atoms with van der Waals surface area (Å²) in [6.45, 7) is 4.94. The van der Waals surface area contributed by atoms with Gasteiger partial charge in [-0.1, -0.05) is 18.3 Å². The molecule has 2 rings (SSSR count). The molecule has 0 bridgehead atoms. The van der Waals surface area contributed by atoms with Crippen molar-refractivity contribution in [1.29, 1.82) is 0 Å². The maximum absolute atomic E-state index is 9.46. The Morgan fingerprint density at radius 2 is 2.06 bits per heavy atom. The van der Waals surface area contributed by atoms with Gasteiger partial charge >= 0.3 is 0 Å². The third-order valence-electron chi connectivity index (χ3n) is 2.54. The number of phenols is 2. The molecule has 3 N–H and O–H groups in total. The molecule has 0 aliphatic rings. The molecule has 5 nitrogen and oxygen atoms in total. The van der Waals surface area contributed by atoms with Crippen LogP contribution >= 0.6 is 11.3 Å². The van der Waals surface area contributed by atoms with E-state index >= 15 is 0 Å². The highest BCUT2D eigenvalue weighted by Crippen LogP contribution is 2.32. The third-order valence-corrected chi connectivity index (χ3v) is 3.70. The van der Waals surface area contributed by atoms with Gasteiger partial charge in [0, 0.05) is 5.56 Å². The number of benzene rings is 1. The maximum atomic E-state index is 9.46. The van der Waals surface area contributed by atoms with Crippen molar-refractivity contribution in [2.75, 3.05) is 6.54 Å². The topological polar surface area (TPSA) is 78.3 Å². The van der Waals surface area contributed by atoms with Crippen LogP contribution in [0.3, 0.4) is 0 Å². The van der Waals surface area contributed by atoms with Crippen LogP contribution in [0.15, 0.2) is 18.2 Å². The molecule has 2 aromatic rings. The Morgan fingerprint density at radius 3 is 2.72 bits per heavy atom. The third kappa shape index (κ3) is 2.60. The van der Waals surface area contributed by atoms with E-state index < -0.39 is 0 Å². The molecule has 0 aliphatic heterocycles. The Balaban J connectivity index is 2.26. The van der Waals surface area contributed by atoms with E-state index in [2.05, 4.69) is 15.5 Å². The van der Waals surface area contributed by atoms with Crippen molar-refractivity contribution in [2.45, 2.75) is 19.9 Å². The van der Waals surface area contributed by atoms with Gasteiger partial charge in [-0.3, -0.25) is 0 Å². The molecule has 1 heterocycles. The minimum atomic E-state index is -0.149. The molecule has 0 saturated carbocycles. The lowest BCUT2D eigenvalue weighted by Crippen LogP contribution is -2.17. The fraction of sp³-hybridized carbons (Fsp3) is 0.333. The predicted octanol–water partition coefficient (Wildman–Crippen LogP) is 2.29. The van der Waals surface area contributed by atoms with Gasteiger partial charge in [0.1, 0.15) is 10.0 Å². The number of nitrogens with one attached hydrogen (secondary N) is 1. The second-order valence-corrected chi connectivity index (χ2v) is 4.94. The van der Waals surface area contributed by atoms with Gasteiger partial charge < -0.3 is 15.5 Å². The lowest BCUT2D eigenvalue weighted by molar-refractivity contribution is 0.404. The van der Waals surface area contributed by atoms with E-state index in [-0.39, 0.29) is 17.5 Å². The molecule has 1 atom stereocenters. The number of aromatic hydroxyl groups is 2. The highest BCUT2D eigenvalue weighted by Gasteiger charge is 2.13. The van der Waals surface area contributed by atoms with Crippen molar-refractivity contribution in [3.63, 3.8) is 0 Å². The highest BCUT2D eigenvalue weighted by atomic mass is 32.1. The SMILES string of the molecule is CCNC(C)c1nnc(-c2ccc(O)c(O)c2)s1.